The van der Waals surface area contributed by atoms with Gasteiger partial charge in [-0.2, -0.15) is 13.2 Å². The molecule has 2 aromatic rings. The standard InChI is InChI=1S/C18H15F3N2O2/c19-18(20,21)14-7-2-1-6-12(14)13-9-15(13)23-17(25)11-5-3-4-10(8-11)16(22)24/h1-8,13,15H,9H2,(H2,22,24)(H,23,25)/t13-,15+/m1/s1. The van der Waals surface area contributed by atoms with Crippen molar-refractivity contribution < 1.29 is 22.8 Å². The summed E-state index contributed by atoms with van der Waals surface area (Å²) in [7, 11) is 0. The summed E-state index contributed by atoms with van der Waals surface area (Å²) in [5, 5.41) is 2.71. The lowest BCUT2D eigenvalue weighted by atomic mass is 10.0. The second kappa shape index (κ2) is 6.23. The van der Waals surface area contributed by atoms with E-state index in [9.17, 15) is 22.8 Å². The Hall–Kier alpha value is -2.83. The maximum atomic E-state index is 13.1. The fourth-order valence-electron chi connectivity index (χ4n) is 2.84. The van der Waals surface area contributed by atoms with Crippen LogP contribution in [0.25, 0.3) is 0 Å². The van der Waals surface area contributed by atoms with Gasteiger partial charge in [-0.05, 0) is 36.2 Å². The molecule has 0 unspecified atom stereocenters. The van der Waals surface area contributed by atoms with Crippen LogP contribution in [0.1, 0.15) is 44.2 Å². The van der Waals surface area contributed by atoms with E-state index in [4.69, 9.17) is 5.73 Å². The summed E-state index contributed by atoms with van der Waals surface area (Å²) in [5.41, 5.74) is 5.13. The quantitative estimate of drug-likeness (QED) is 0.891. The summed E-state index contributed by atoms with van der Waals surface area (Å²) in [5.74, 6) is -1.47. The molecule has 2 amide bonds. The summed E-state index contributed by atoms with van der Waals surface area (Å²) in [6.45, 7) is 0. The van der Waals surface area contributed by atoms with Crippen LogP contribution >= 0.6 is 0 Å². The van der Waals surface area contributed by atoms with E-state index in [-0.39, 0.29) is 28.7 Å². The van der Waals surface area contributed by atoms with E-state index < -0.39 is 23.6 Å². The molecule has 0 heterocycles. The number of hydrogen-bond acceptors (Lipinski definition) is 2. The Morgan fingerprint density at radius 2 is 1.72 bits per heavy atom. The Labute approximate surface area is 141 Å². The van der Waals surface area contributed by atoms with Crippen molar-refractivity contribution in [3.8, 4) is 0 Å². The lowest BCUT2D eigenvalue weighted by Gasteiger charge is -2.12. The second-order valence-corrected chi connectivity index (χ2v) is 5.95. The molecule has 0 saturated heterocycles. The molecule has 1 fully saturated rings. The Kier molecular flexibility index (Phi) is 4.24. The molecule has 0 spiro atoms. The van der Waals surface area contributed by atoms with Crippen molar-refractivity contribution in [2.75, 3.05) is 0 Å². The van der Waals surface area contributed by atoms with Crippen molar-refractivity contribution in [2.24, 2.45) is 5.73 Å². The molecule has 2 aromatic carbocycles. The van der Waals surface area contributed by atoms with Gasteiger partial charge in [0.15, 0.2) is 0 Å². The first-order valence-corrected chi connectivity index (χ1v) is 7.64. The van der Waals surface area contributed by atoms with E-state index in [0.29, 0.717) is 6.42 Å². The summed E-state index contributed by atoms with van der Waals surface area (Å²) in [4.78, 5) is 23.4. The van der Waals surface area contributed by atoms with Crippen molar-refractivity contribution in [2.45, 2.75) is 24.6 Å². The molecule has 2 atom stereocenters. The van der Waals surface area contributed by atoms with Gasteiger partial charge in [0, 0.05) is 23.1 Å². The maximum Gasteiger partial charge on any atom is 0.416 e. The first kappa shape index (κ1) is 17.0. The Morgan fingerprint density at radius 1 is 1.04 bits per heavy atom. The van der Waals surface area contributed by atoms with E-state index in [1.165, 1.54) is 36.4 Å². The van der Waals surface area contributed by atoms with Gasteiger partial charge >= 0.3 is 6.18 Å². The number of carbonyl (C=O) groups is 2. The molecular formula is C18H15F3N2O2. The van der Waals surface area contributed by atoms with Crippen LogP contribution in [-0.2, 0) is 6.18 Å². The van der Waals surface area contributed by atoms with Crippen LogP contribution in [0, 0.1) is 0 Å². The third-order valence-corrected chi connectivity index (χ3v) is 4.18. The van der Waals surface area contributed by atoms with Gasteiger partial charge < -0.3 is 11.1 Å². The maximum absolute atomic E-state index is 13.1. The lowest BCUT2D eigenvalue weighted by molar-refractivity contribution is -0.138. The molecule has 1 saturated carbocycles. The normalized spacial score (nSPS) is 19.3. The molecular weight excluding hydrogens is 333 g/mol. The van der Waals surface area contributed by atoms with Crippen LogP contribution in [0.5, 0.6) is 0 Å². The number of primary amides is 1. The second-order valence-electron chi connectivity index (χ2n) is 5.95. The smallest absolute Gasteiger partial charge is 0.366 e. The molecule has 0 aliphatic heterocycles. The fourth-order valence-corrected chi connectivity index (χ4v) is 2.84. The highest BCUT2D eigenvalue weighted by atomic mass is 19.4. The highest BCUT2D eigenvalue weighted by Crippen LogP contribution is 2.46. The fraction of sp³-hybridized carbons (Fsp3) is 0.222. The number of nitrogens with one attached hydrogen (secondary N) is 1. The minimum absolute atomic E-state index is 0.186. The van der Waals surface area contributed by atoms with Gasteiger partial charge in [0.1, 0.15) is 0 Å². The van der Waals surface area contributed by atoms with Gasteiger partial charge in [0.2, 0.25) is 5.91 Å². The van der Waals surface area contributed by atoms with Gasteiger partial charge in [-0.25, -0.2) is 0 Å². The summed E-state index contributed by atoms with van der Waals surface area (Å²) >= 11 is 0. The van der Waals surface area contributed by atoms with Crippen LogP contribution in [0.15, 0.2) is 48.5 Å². The van der Waals surface area contributed by atoms with Crippen molar-refractivity contribution in [1.29, 1.82) is 0 Å². The molecule has 0 aromatic heterocycles. The molecule has 7 heteroatoms. The lowest BCUT2D eigenvalue weighted by Crippen LogP contribution is -2.27. The summed E-state index contributed by atoms with van der Waals surface area (Å²) in [6.07, 6.45) is -3.99. The number of benzene rings is 2. The predicted octanol–water partition coefficient (Wildman–Crippen LogP) is 3.09. The number of rotatable bonds is 4. The highest BCUT2D eigenvalue weighted by molar-refractivity contribution is 5.99. The Balaban J connectivity index is 1.73. The number of alkyl halides is 3. The number of hydrogen-bond donors (Lipinski definition) is 2. The summed E-state index contributed by atoms with van der Waals surface area (Å²) < 4.78 is 39.2. The van der Waals surface area contributed by atoms with Gasteiger partial charge in [0.05, 0.1) is 5.56 Å². The molecule has 25 heavy (non-hydrogen) atoms. The first-order chi connectivity index (χ1) is 11.8. The average molecular weight is 348 g/mol. The van der Waals surface area contributed by atoms with Gasteiger partial charge in [-0.3, -0.25) is 9.59 Å². The van der Waals surface area contributed by atoms with Gasteiger partial charge in [-0.1, -0.05) is 24.3 Å². The number of halogens is 3. The zero-order valence-electron chi connectivity index (χ0n) is 13.0. The molecule has 0 bridgehead atoms. The highest BCUT2D eigenvalue weighted by Gasteiger charge is 2.44. The molecule has 3 N–H and O–H groups in total. The zero-order chi connectivity index (χ0) is 18.2. The van der Waals surface area contributed by atoms with Crippen LogP contribution in [-0.4, -0.2) is 17.9 Å². The molecule has 1 aliphatic carbocycles. The van der Waals surface area contributed by atoms with Crippen LogP contribution < -0.4 is 11.1 Å². The van der Waals surface area contributed by atoms with Crippen molar-refractivity contribution in [3.63, 3.8) is 0 Å². The number of nitrogens with two attached hydrogens (primary N) is 1. The molecule has 1 aliphatic rings. The third kappa shape index (κ3) is 3.65. The number of carbonyl (C=O) groups excluding carboxylic acids is 2. The third-order valence-electron chi connectivity index (χ3n) is 4.18. The zero-order valence-corrected chi connectivity index (χ0v) is 13.0. The van der Waals surface area contributed by atoms with E-state index in [2.05, 4.69) is 5.32 Å². The van der Waals surface area contributed by atoms with Crippen LogP contribution in [0.4, 0.5) is 13.2 Å². The monoisotopic (exact) mass is 348 g/mol. The average Bonchev–Trinajstić information content (AvgIpc) is 3.33. The van der Waals surface area contributed by atoms with Gasteiger partial charge in [-0.15, -0.1) is 0 Å². The number of amides is 2. The first-order valence-electron chi connectivity index (χ1n) is 7.64. The molecule has 130 valence electrons. The minimum atomic E-state index is -4.43. The molecule has 4 nitrogen and oxygen atoms in total. The van der Waals surface area contributed by atoms with E-state index in [1.54, 1.807) is 6.07 Å². The molecule has 3 rings (SSSR count). The SMILES string of the molecule is NC(=O)c1cccc(C(=O)N[C@H]2C[C@@H]2c2ccccc2C(F)(F)F)c1. The van der Waals surface area contributed by atoms with E-state index in [0.717, 1.165) is 6.07 Å². The van der Waals surface area contributed by atoms with Crippen molar-refractivity contribution >= 4 is 11.8 Å². The van der Waals surface area contributed by atoms with Crippen molar-refractivity contribution in [3.05, 3.63) is 70.8 Å². The van der Waals surface area contributed by atoms with E-state index in [1.807, 2.05) is 0 Å². The van der Waals surface area contributed by atoms with Gasteiger partial charge in [0.25, 0.3) is 5.91 Å². The predicted molar refractivity (Wildman–Crippen MR) is 85.0 cm³/mol. The van der Waals surface area contributed by atoms with E-state index >= 15 is 0 Å². The Bertz CT molecular complexity index is 833. The Morgan fingerprint density at radius 3 is 2.40 bits per heavy atom. The van der Waals surface area contributed by atoms with Crippen LogP contribution in [0.2, 0.25) is 0 Å². The van der Waals surface area contributed by atoms with Crippen molar-refractivity contribution in [1.82, 2.24) is 5.32 Å². The molecule has 0 radical (unpaired) electrons. The largest absolute Gasteiger partial charge is 0.416 e. The summed E-state index contributed by atoms with van der Waals surface area (Å²) in [6, 6.07) is 10.9. The van der Waals surface area contributed by atoms with Crippen LogP contribution in [0.3, 0.4) is 0 Å². The minimum Gasteiger partial charge on any atom is -0.366 e. The topological polar surface area (TPSA) is 72.2 Å².